The van der Waals surface area contributed by atoms with Crippen molar-refractivity contribution in [2.75, 3.05) is 50.8 Å². The number of benzene rings is 2. The van der Waals surface area contributed by atoms with Gasteiger partial charge in [-0.3, -0.25) is 14.5 Å². The number of hydrazine groups is 1. The van der Waals surface area contributed by atoms with Crippen molar-refractivity contribution in [2.45, 2.75) is 19.5 Å². The Morgan fingerprint density at radius 1 is 1.00 bits per heavy atom. The summed E-state index contributed by atoms with van der Waals surface area (Å²) in [6.45, 7) is 7.69. The van der Waals surface area contributed by atoms with Crippen LogP contribution in [0.1, 0.15) is 12.5 Å². The zero-order valence-electron chi connectivity index (χ0n) is 19.6. The van der Waals surface area contributed by atoms with Gasteiger partial charge in [0.15, 0.2) is 0 Å². The monoisotopic (exact) mass is 465 g/mol. The van der Waals surface area contributed by atoms with Crippen LogP contribution in [0.2, 0.25) is 0 Å². The van der Waals surface area contributed by atoms with Crippen LogP contribution in [0.4, 0.5) is 10.1 Å². The Labute approximate surface area is 200 Å². The minimum absolute atomic E-state index is 0.0343. The number of para-hydroxylation sites is 1. The van der Waals surface area contributed by atoms with Crippen LogP contribution in [0.3, 0.4) is 0 Å². The number of piperidine rings is 1. The number of rotatable bonds is 5. The summed E-state index contributed by atoms with van der Waals surface area (Å²) in [5.74, 6) is -0.578. The van der Waals surface area contributed by atoms with Gasteiger partial charge in [-0.1, -0.05) is 37.3 Å². The van der Waals surface area contributed by atoms with Gasteiger partial charge in [0.25, 0.3) is 0 Å². The zero-order valence-corrected chi connectivity index (χ0v) is 19.6. The lowest BCUT2D eigenvalue weighted by Crippen LogP contribution is -2.59. The number of fused-ring (bicyclic) bond motifs is 1. The van der Waals surface area contributed by atoms with Gasteiger partial charge >= 0.3 is 0 Å². The summed E-state index contributed by atoms with van der Waals surface area (Å²) < 4.78 is 13.5. The fourth-order valence-electron chi connectivity index (χ4n) is 5.45. The van der Waals surface area contributed by atoms with Gasteiger partial charge < -0.3 is 9.80 Å². The van der Waals surface area contributed by atoms with E-state index < -0.39 is 0 Å². The first-order chi connectivity index (χ1) is 16.5. The van der Waals surface area contributed by atoms with E-state index in [0.717, 1.165) is 30.9 Å². The predicted molar refractivity (Wildman–Crippen MR) is 128 cm³/mol. The third-order valence-corrected chi connectivity index (χ3v) is 7.35. The molecule has 5 rings (SSSR count). The molecule has 2 amide bonds. The summed E-state index contributed by atoms with van der Waals surface area (Å²) in [6, 6.07) is 16.1. The van der Waals surface area contributed by atoms with Crippen LogP contribution < -0.4 is 10.4 Å². The number of carbonyl (C=O) groups excluding carboxylic acids is 2. The Balaban J connectivity index is 1.26. The van der Waals surface area contributed by atoms with Crippen LogP contribution in [0.25, 0.3) is 0 Å². The number of carbonyl (C=O) groups is 2. The van der Waals surface area contributed by atoms with Gasteiger partial charge in [-0.05, 0) is 36.4 Å². The molecule has 8 heteroatoms. The van der Waals surface area contributed by atoms with Crippen molar-refractivity contribution in [3.63, 3.8) is 0 Å². The van der Waals surface area contributed by atoms with Crippen LogP contribution in [0.15, 0.2) is 54.6 Å². The fraction of sp³-hybridized carbons (Fsp3) is 0.462. The molecule has 3 unspecified atom stereocenters. The number of nitrogens with zero attached hydrogens (tertiary/aromatic N) is 4. The van der Waals surface area contributed by atoms with E-state index >= 15 is 0 Å². The molecule has 34 heavy (non-hydrogen) atoms. The molecule has 0 radical (unpaired) electrons. The number of nitrogens with one attached hydrogen (secondary N) is 1. The fourth-order valence-corrected chi connectivity index (χ4v) is 5.45. The molecule has 0 spiro atoms. The van der Waals surface area contributed by atoms with Crippen LogP contribution >= 0.6 is 0 Å². The number of halogens is 1. The minimum atomic E-state index is -0.272. The van der Waals surface area contributed by atoms with E-state index in [1.807, 2.05) is 41.3 Å². The number of anilines is 1. The van der Waals surface area contributed by atoms with Gasteiger partial charge in [0, 0.05) is 45.8 Å². The Morgan fingerprint density at radius 2 is 1.76 bits per heavy atom. The van der Waals surface area contributed by atoms with Gasteiger partial charge in [0.1, 0.15) is 5.82 Å². The molecule has 180 valence electrons. The lowest BCUT2D eigenvalue weighted by Gasteiger charge is -2.42. The molecular weight excluding hydrogens is 433 g/mol. The van der Waals surface area contributed by atoms with Gasteiger partial charge in [0.2, 0.25) is 11.8 Å². The van der Waals surface area contributed by atoms with Crippen LogP contribution in [0, 0.1) is 17.7 Å². The highest BCUT2D eigenvalue weighted by atomic mass is 19.1. The highest BCUT2D eigenvalue weighted by Gasteiger charge is 2.51. The molecule has 3 heterocycles. The van der Waals surface area contributed by atoms with Crippen molar-refractivity contribution < 1.29 is 14.0 Å². The molecule has 3 aliphatic heterocycles. The molecule has 7 nitrogen and oxygen atoms in total. The van der Waals surface area contributed by atoms with E-state index in [-0.39, 0.29) is 35.5 Å². The lowest BCUT2D eigenvalue weighted by atomic mass is 9.83. The number of piperazine rings is 1. The summed E-state index contributed by atoms with van der Waals surface area (Å²) in [5, 5.41) is 1.63. The average Bonchev–Trinajstić information content (AvgIpc) is 3.20. The number of likely N-dealkylation sites (tertiary alicyclic amines) is 1. The first-order valence-electron chi connectivity index (χ1n) is 12.2. The number of hydrogen-bond donors (Lipinski definition) is 1. The molecule has 0 aliphatic carbocycles. The van der Waals surface area contributed by atoms with E-state index in [1.165, 1.54) is 6.07 Å². The van der Waals surface area contributed by atoms with Gasteiger partial charge in [-0.2, -0.15) is 0 Å². The minimum Gasteiger partial charge on any atom is -0.340 e. The third kappa shape index (κ3) is 4.58. The molecule has 3 fully saturated rings. The van der Waals surface area contributed by atoms with E-state index in [4.69, 9.17) is 0 Å². The van der Waals surface area contributed by atoms with E-state index in [1.54, 1.807) is 17.1 Å². The summed E-state index contributed by atoms with van der Waals surface area (Å²) >= 11 is 0. The number of hydrogen-bond acceptors (Lipinski definition) is 5. The molecule has 3 saturated heterocycles. The predicted octanol–water partition coefficient (Wildman–Crippen LogP) is 1.96. The highest BCUT2D eigenvalue weighted by molar-refractivity contribution is 5.98. The molecular formula is C26H32FN5O2. The first-order valence-corrected chi connectivity index (χ1v) is 12.2. The van der Waals surface area contributed by atoms with Crippen LogP contribution in [-0.4, -0.2) is 78.4 Å². The number of amides is 2. The van der Waals surface area contributed by atoms with Gasteiger partial charge in [-0.15, -0.1) is 0 Å². The van der Waals surface area contributed by atoms with Crippen LogP contribution in [-0.2, 0) is 16.1 Å². The molecule has 1 N–H and O–H groups in total. The molecule has 3 aliphatic rings. The summed E-state index contributed by atoms with van der Waals surface area (Å²) in [5.41, 5.74) is 5.14. The van der Waals surface area contributed by atoms with Crippen molar-refractivity contribution in [2.24, 2.45) is 11.8 Å². The maximum atomic E-state index is 13.7. The van der Waals surface area contributed by atoms with Crippen LogP contribution in [0.5, 0.6) is 0 Å². The molecule has 0 saturated carbocycles. The summed E-state index contributed by atoms with van der Waals surface area (Å²) in [4.78, 5) is 33.4. The molecule has 0 bridgehead atoms. The van der Waals surface area contributed by atoms with Gasteiger partial charge in [0.05, 0.1) is 23.6 Å². The third-order valence-electron chi connectivity index (χ3n) is 7.35. The molecule has 2 aromatic carbocycles. The zero-order chi connectivity index (χ0) is 23.7. The SMILES string of the molecule is CCN1CC(C(=O)N2CCN(Cc3cccc(F)c3)CC2)C2NN(c3ccccc3)C(=O)C2C1. The molecule has 0 aromatic heterocycles. The standard InChI is InChI=1S/C26H32FN5O2/c1-2-29-17-22(24-23(18-29)26(34)32(28-24)21-9-4-3-5-10-21)25(33)31-13-11-30(12-14-31)16-19-7-6-8-20(27)15-19/h3-10,15,22-24,28H,2,11-14,16-18H2,1H3. The van der Waals surface area contributed by atoms with Crippen molar-refractivity contribution >= 4 is 17.5 Å². The lowest BCUT2D eigenvalue weighted by molar-refractivity contribution is -0.141. The van der Waals surface area contributed by atoms with Crippen molar-refractivity contribution in [1.29, 1.82) is 0 Å². The second-order valence-corrected chi connectivity index (χ2v) is 9.46. The molecule has 3 atom stereocenters. The van der Waals surface area contributed by atoms with E-state index in [9.17, 15) is 14.0 Å². The highest BCUT2D eigenvalue weighted by Crippen LogP contribution is 2.32. The summed E-state index contributed by atoms with van der Waals surface area (Å²) in [6.07, 6.45) is 0. The Kier molecular flexibility index (Phi) is 6.63. The van der Waals surface area contributed by atoms with Gasteiger partial charge in [-0.25, -0.2) is 14.8 Å². The topological polar surface area (TPSA) is 59.1 Å². The first kappa shape index (κ1) is 23.0. The maximum Gasteiger partial charge on any atom is 0.247 e. The van der Waals surface area contributed by atoms with Crippen molar-refractivity contribution in [3.05, 3.63) is 66.0 Å². The Bertz CT molecular complexity index is 1030. The molecule has 2 aromatic rings. The second kappa shape index (κ2) is 9.82. The quantitative estimate of drug-likeness (QED) is 0.732. The Morgan fingerprint density at radius 3 is 2.47 bits per heavy atom. The van der Waals surface area contributed by atoms with E-state index in [2.05, 4.69) is 22.1 Å². The normalized spacial score (nSPS) is 26.1. The second-order valence-electron chi connectivity index (χ2n) is 9.46. The van der Waals surface area contributed by atoms with Crippen molar-refractivity contribution in [1.82, 2.24) is 20.1 Å². The van der Waals surface area contributed by atoms with E-state index in [0.29, 0.717) is 32.7 Å². The smallest absolute Gasteiger partial charge is 0.247 e. The Hall–Kier alpha value is -2.81. The maximum absolute atomic E-state index is 13.7. The van der Waals surface area contributed by atoms with Crippen molar-refractivity contribution in [3.8, 4) is 0 Å². The largest absolute Gasteiger partial charge is 0.340 e. The average molecular weight is 466 g/mol. The summed E-state index contributed by atoms with van der Waals surface area (Å²) in [7, 11) is 0.